The van der Waals surface area contributed by atoms with Crippen molar-refractivity contribution in [2.75, 3.05) is 10.7 Å². The molecule has 0 unspecified atom stereocenters. The summed E-state index contributed by atoms with van der Waals surface area (Å²) in [7, 11) is 0. The van der Waals surface area contributed by atoms with Gasteiger partial charge in [-0.1, -0.05) is 62.4 Å². The molecule has 1 saturated heterocycles. The van der Waals surface area contributed by atoms with Crippen molar-refractivity contribution in [2.24, 2.45) is 4.99 Å². The lowest BCUT2D eigenvalue weighted by molar-refractivity contribution is -0.137. The number of rotatable bonds is 10. The van der Waals surface area contributed by atoms with Gasteiger partial charge in [-0.3, -0.25) is 14.5 Å². The molecule has 0 aliphatic carbocycles. The fraction of sp³-hybridized carbons (Fsp3) is 0.324. The lowest BCUT2D eigenvalue weighted by Crippen LogP contribution is -2.31. The molecule has 4 aromatic rings. The Hall–Kier alpha value is -4.25. The Morgan fingerprint density at radius 2 is 1.80 bits per heavy atom. The number of aliphatic imine (C=N–C) groups is 1. The number of anilines is 1. The van der Waals surface area contributed by atoms with Crippen LogP contribution in [-0.2, 0) is 22.2 Å². The normalized spacial score (nSPS) is 14.6. The van der Waals surface area contributed by atoms with E-state index in [4.69, 9.17) is 0 Å². The molecule has 5 rings (SSSR count). The summed E-state index contributed by atoms with van der Waals surface area (Å²) in [6, 6.07) is 18.7. The van der Waals surface area contributed by atoms with Crippen LogP contribution in [0.4, 0.5) is 18.9 Å². The molecular weight excluding hydrogens is 599 g/mol. The van der Waals surface area contributed by atoms with Crippen LogP contribution in [-0.4, -0.2) is 37.5 Å². The van der Waals surface area contributed by atoms with Crippen molar-refractivity contribution in [3.8, 4) is 17.1 Å². The summed E-state index contributed by atoms with van der Waals surface area (Å²) in [4.78, 5) is 35.8. The van der Waals surface area contributed by atoms with Crippen LogP contribution in [0, 0.1) is 6.92 Å². The second kappa shape index (κ2) is 13.8. The molecule has 7 nitrogen and oxygen atoms in total. The van der Waals surface area contributed by atoms with Gasteiger partial charge in [0.15, 0.2) is 11.0 Å². The van der Waals surface area contributed by atoms with E-state index in [-0.39, 0.29) is 23.5 Å². The summed E-state index contributed by atoms with van der Waals surface area (Å²) in [5.74, 6) is 0.667. The average molecular weight is 634 g/mol. The van der Waals surface area contributed by atoms with Gasteiger partial charge >= 0.3 is 6.18 Å². The first-order chi connectivity index (χ1) is 21.5. The Morgan fingerprint density at radius 3 is 2.53 bits per heavy atom. The second-order valence-electron chi connectivity index (χ2n) is 11.3. The van der Waals surface area contributed by atoms with Crippen LogP contribution in [0.3, 0.4) is 0 Å². The van der Waals surface area contributed by atoms with Crippen molar-refractivity contribution < 1.29 is 22.8 Å². The Kier molecular flexibility index (Phi) is 9.86. The summed E-state index contributed by atoms with van der Waals surface area (Å²) < 4.78 is 40.1. The van der Waals surface area contributed by atoms with Gasteiger partial charge in [0.2, 0.25) is 11.8 Å². The lowest BCUT2D eigenvalue weighted by atomic mass is 9.99. The number of carbonyl (C=O) groups excluding carboxylic acids is 2. The van der Waals surface area contributed by atoms with Gasteiger partial charge in [-0.15, -0.1) is 5.10 Å². The number of amides is 2. The van der Waals surface area contributed by atoms with Gasteiger partial charge in [0, 0.05) is 12.0 Å². The van der Waals surface area contributed by atoms with Crippen LogP contribution >= 0.6 is 11.8 Å². The SMILES string of the molecule is Cc1ccc(C(C)C)c(N2C(=O)CSC2=NC(=O)CCCCCc2cccc(-c3ncn(-c4ccc(C(F)(F)F)cc4)n3)c2)c1. The van der Waals surface area contributed by atoms with Crippen molar-refractivity contribution in [1.29, 1.82) is 0 Å². The van der Waals surface area contributed by atoms with Crippen LogP contribution in [0.5, 0.6) is 0 Å². The van der Waals surface area contributed by atoms with Crippen molar-refractivity contribution >= 4 is 34.4 Å². The maximum Gasteiger partial charge on any atom is 0.416 e. The number of hydrogen-bond acceptors (Lipinski definition) is 5. The summed E-state index contributed by atoms with van der Waals surface area (Å²) in [6.45, 7) is 6.14. The maximum absolute atomic E-state index is 12.9. The number of carbonyl (C=O) groups is 2. The molecule has 3 aromatic carbocycles. The van der Waals surface area contributed by atoms with Gasteiger partial charge in [-0.25, -0.2) is 9.67 Å². The number of amidine groups is 1. The standard InChI is InChI=1S/C34H34F3N5O2S/c1-22(2)28-17-12-23(3)18-29(28)42-31(44)20-45-33(42)39-30(43)11-6-4-5-8-24-9-7-10-25(19-24)32-38-21-41(40-32)27-15-13-26(14-16-27)34(35,36)37/h7,9-10,12-19,21-22H,4-6,8,11,20H2,1-3H3. The second-order valence-corrected chi connectivity index (χ2v) is 12.3. The Labute approximate surface area is 264 Å². The topological polar surface area (TPSA) is 80.5 Å². The van der Waals surface area contributed by atoms with Crippen LogP contribution in [0.1, 0.15) is 67.7 Å². The molecule has 1 aromatic heterocycles. The van der Waals surface area contributed by atoms with Gasteiger partial charge in [-0.05, 0) is 85.2 Å². The minimum atomic E-state index is -4.39. The van der Waals surface area contributed by atoms with Crippen LogP contribution < -0.4 is 4.90 Å². The molecule has 2 amide bonds. The minimum Gasteiger partial charge on any atom is -0.273 e. The van der Waals surface area contributed by atoms with E-state index < -0.39 is 11.7 Å². The number of nitrogens with zero attached hydrogens (tertiary/aromatic N) is 5. The van der Waals surface area contributed by atoms with Crippen molar-refractivity contribution in [3.05, 3.63) is 95.3 Å². The van der Waals surface area contributed by atoms with Gasteiger partial charge in [0.05, 0.1) is 22.7 Å². The highest BCUT2D eigenvalue weighted by Gasteiger charge is 2.32. The lowest BCUT2D eigenvalue weighted by Gasteiger charge is -2.22. The molecule has 0 N–H and O–H groups in total. The molecule has 11 heteroatoms. The third-order valence-electron chi connectivity index (χ3n) is 7.53. The van der Waals surface area contributed by atoms with Crippen LogP contribution in [0.2, 0.25) is 0 Å². The van der Waals surface area contributed by atoms with Crippen LogP contribution in [0.15, 0.2) is 78.0 Å². The van der Waals surface area contributed by atoms with E-state index in [2.05, 4.69) is 28.9 Å². The average Bonchev–Trinajstić information content (AvgIpc) is 3.64. The summed E-state index contributed by atoms with van der Waals surface area (Å²) in [6.07, 6.45) is 0.604. The highest BCUT2D eigenvalue weighted by atomic mass is 32.2. The highest BCUT2D eigenvalue weighted by molar-refractivity contribution is 8.15. The Balaban J connectivity index is 1.14. The van der Waals surface area contributed by atoms with E-state index in [1.54, 1.807) is 4.90 Å². The molecule has 0 saturated carbocycles. The van der Waals surface area contributed by atoms with E-state index in [0.717, 1.165) is 59.3 Å². The van der Waals surface area contributed by atoms with Gasteiger partial charge in [-0.2, -0.15) is 18.2 Å². The maximum atomic E-state index is 12.9. The number of unbranched alkanes of at least 4 members (excludes halogenated alkanes) is 2. The Bertz CT molecular complexity index is 1710. The number of aromatic nitrogens is 3. The fourth-order valence-corrected chi connectivity index (χ4v) is 6.03. The Morgan fingerprint density at radius 1 is 1.02 bits per heavy atom. The monoisotopic (exact) mass is 633 g/mol. The zero-order valence-electron chi connectivity index (χ0n) is 25.3. The molecule has 0 spiro atoms. The third-order valence-corrected chi connectivity index (χ3v) is 8.45. The molecule has 1 aliphatic rings. The van der Waals surface area contributed by atoms with E-state index in [0.29, 0.717) is 29.5 Å². The van der Waals surface area contributed by atoms with E-state index >= 15 is 0 Å². The molecular formula is C34H34F3N5O2S. The number of halogens is 3. The predicted molar refractivity (Wildman–Crippen MR) is 172 cm³/mol. The van der Waals surface area contributed by atoms with Crippen LogP contribution in [0.25, 0.3) is 17.1 Å². The van der Waals surface area contributed by atoms with E-state index in [1.165, 1.54) is 34.9 Å². The number of aryl methyl sites for hydroxylation is 2. The zero-order valence-corrected chi connectivity index (χ0v) is 26.2. The molecule has 45 heavy (non-hydrogen) atoms. The van der Waals surface area contributed by atoms with Crippen molar-refractivity contribution in [2.45, 2.75) is 65.0 Å². The molecule has 0 atom stereocenters. The first-order valence-corrected chi connectivity index (χ1v) is 15.8. The molecule has 1 aliphatic heterocycles. The zero-order chi connectivity index (χ0) is 32.1. The molecule has 2 heterocycles. The third kappa shape index (κ3) is 7.89. The molecule has 234 valence electrons. The van der Waals surface area contributed by atoms with Gasteiger partial charge in [0.1, 0.15) is 6.33 Å². The van der Waals surface area contributed by atoms with E-state index in [1.807, 2.05) is 49.4 Å². The van der Waals surface area contributed by atoms with Crippen molar-refractivity contribution in [1.82, 2.24) is 14.8 Å². The fourth-order valence-electron chi connectivity index (χ4n) is 5.15. The van der Waals surface area contributed by atoms with Crippen molar-refractivity contribution in [3.63, 3.8) is 0 Å². The van der Waals surface area contributed by atoms with Gasteiger partial charge in [0.25, 0.3) is 0 Å². The summed E-state index contributed by atoms with van der Waals surface area (Å²) >= 11 is 1.30. The number of hydrogen-bond donors (Lipinski definition) is 0. The largest absolute Gasteiger partial charge is 0.416 e. The number of thioether (sulfide) groups is 1. The first kappa shape index (κ1) is 32.2. The summed E-state index contributed by atoms with van der Waals surface area (Å²) in [5, 5.41) is 4.90. The smallest absolute Gasteiger partial charge is 0.273 e. The first-order valence-electron chi connectivity index (χ1n) is 14.9. The van der Waals surface area contributed by atoms with E-state index in [9.17, 15) is 22.8 Å². The predicted octanol–water partition coefficient (Wildman–Crippen LogP) is 8.15. The molecule has 0 bridgehead atoms. The molecule has 1 fully saturated rings. The summed E-state index contributed by atoms with van der Waals surface area (Å²) in [5.41, 5.74) is 4.57. The quantitative estimate of drug-likeness (QED) is 0.165. The number of alkyl halides is 3. The molecule has 0 radical (unpaired) electrons. The highest BCUT2D eigenvalue weighted by Crippen LogP contribution is 2.34. The van der Waals surface area contributed by atoms with Gasteiger partial charge < -0.3 is 0 Å². The number of benzene rings is 3. The minimum absolute atomic E-state index is 0.0668.